The minimum atomic E-state index is -1.05. The number of furan rings is 1. The fraction of sp³-hybridized carbons (Fsp3) is 0.176. The lowest BCUT2D eigenvalue weighted by atomic mass is 9.75. The molecule has 0 spiro atoms. The van der Waals surface area contributed by atoms with Crippen molar-refractivity contribution in [1.82, 2.24) is 0 Å². The van der Waals surface area contributed by atoms with Crippen molar-refractivity contribution in [2.24, 2.45) is 0 Å². The Balaban J connectivity index is 1.63. The Morgan fingerprint density at radius 2 is 1.29 bits per heavy atom. The zero-order valence-corrected chi connectivity index (χ0v) is 22.2. The summed E-state index contributed by atoms with van der Waals surface area (Å²) in [6.45, 7) is 7.35. The van der Waals surface area contributed by atoms with Gasteiger partial charge in [-0.05, 0) is 84.4 Å². The van der Waals surface area contributed by atoms with Crippen molar-refractivity contribution in [3.63, 3.8) is 0 Å². The first kappa shape index (κ1) is 24.5. The van der Waals surface area contributed by atoms with Crippen LogP contribution >= 0.6 is 0 Å². The SMILES string of the molecule is CC(C)(O)C(C)(C)O[B]c1c(-c2ccccc2-c2ccccc2)ccc2oc3cc4ccccc4cc3c12. The van der Waals surface area contributed by atoms with Gasteiger partial charge < -0.3 is 14.2 Å². The molecule has 0 aliphatic carbocycles. The molecule has 0 fully saturated rings. The van der Waals surface area contributed by atoms with Gasteiger partial charge in [0.15, 0.2) is 0 Å². The Morgan fingerprint density at radius 1 is 0.658 bits per heavy atom. The molecule has 187 valence electrons. The van der Waals surface area contributed by atoms with Crippen molar-refractivity contribution in [2.45, 2.75) is 38.9 Å². The summed E-state index contributed by atoms with van der Waals surface area (Å²) in [6.07, 6.45) is 0. The maximum absolute atomic E-state index is 10.8. The Labute approximate surface area is 224 Å². The molecule has 0 atom stereocenters. The van der Waals surface area contributed by atoms with E-state index in [4.69, 9.17) is 9.07 Å². The summed E-state index contributed by atoms with van der Waals surface area (Å²) in [4.78, 5) is 0. The van der Waals surface area contributed by atoms with Crippen molar-refractivity contribution in [1.29, 1.82) is 0 Å². The van der Waals surface area contributed by atoms with E-state index in [2.05, 4.69) is 91.0 Å². The first-order valence-electron chi connectivity index (χ1n) is 13.0. The number of aliphatic hydroxyl groups is 1. The van der Waals surface area contributed by atoms with E-state index in [1.165, 1.54) is 0 Å². The Kier molecular flexibility index (Phi) is 5.90. The van der Waals surface area contributed by atoms with Crippen molar-refractivity contribution >= 4 is 45.7 Å². The van der Waals surface area contributed by atoms with E-state index in [0.29, 0.717) is 0 Å². The van der Waals surface area contributed by atoms with Gasteiger partial charge in [0.1, 0.15) is 11.2 Å². The van der Waals surface area contributed by atoms with E-state index >= 15 is 0 Å². The third-order valence-electron chi connectivity index (χ3n) is 7.79. The first-order chi connectivity index (χ1) is 18.2. The van der Waals surface area contributed by atoms with E-state index in [1.54, 1.807) is 13.8 Å². The molecule has 6 aromatic rings. The molecule has 0 bridgehead atoms. The molecule has 0 unspecified atom stereocenters. The van der Waals surface area contributed by atoms with Crippen LogP contribution in [-0.2, 0) is 4.65 Å². The molecule has 0 amide bonds. The molecular formula is C34H30BO3. The molecule has 0 aliphatic rings. The van der Waals surface area contributed by atoms with Crippen LogP contribution in [-0.4, -0.2) is 23.8 Å². The molecule has 0 saturated heterocycles. The molecule has 38 heavy (non-hydrogen) atoms. The molecule has 0 aliphatic heterocycles. The van der Waals surface area contributed by atoms with Gasteiger partial charge in [-0.15, -0.1) is 0 Å². The molecule has 6 rings (SSSR count). The summed E-state index contributed by atoms with van der Waals surface area (Å²) < 4.78 is 12.8. The predicted octanol–water partition coefficient (Wildman–Crippen LogP) is 7.88. The maximum Gasteiger partial charge on any atom is 0.332 e. The Bertz CT molecular complexity index is 1780. The molecule has 1 heterocycles. The predicted molar refractivity (Wildman–Crippen MR) is 159 cm³/mol. The Hall–Kier alpha value is -3.86. The fourth-order valence-corrected chi connectivity index (χ4v) is 4.88. The van der Waals surface area contributed by atoms with Crippen LogP contribution in [0.25, 0.3) is 55.0 Å². The van der Waals surface area contributed by atoms with E-state index in [0.717, 1.165) is 60.4 Å². The van der Waals surface area contributed by atoms with Crippen LogP contribution in [0.2, 0.25) is 0 Å². The van der Waals surface area contributed by atoms with Crippen molar-refractivity contribution in [3.8, 4) is 22.3 Å². The van der Waals surface area contributed by atoms with Crippen molar-refractivity contribution < 1.29 is 14.2 Å². The summed E-state index contributed by atoms with van der Waals surface area (Å²) in [5.74, 6) is 0. The maximum atomic E-state index is 10.8. The minimum absolute atomic E-state index is 0.798. The van der Waals surface area contributed by atoms with Crippen molar-refractivity contribution in [3.05, 3.63) is 103 Å². The summed E-state index contributed by atoms with van der Waals surface area (Å²) in [7, 11) is 1.81. The first-order valence-corrected chi connectivity index (χ1v) is 13.0. The smallest absolute Gasteiger partial charge is 0.332 e. The second-order valence-corrected chi connectivity index (χ2v) is 10.9. The quantitative estimate of drug-likeness (QED) is 0.238. The average molecular weight is 497 g/mol. The topological polar surface area (TPSA) is 42.6 Å². The van der Waals surface area contributed by atoms with Gasteiger partial charge in [0, 0.05) is 10.8 Å². The molecule has 1 radical (unpaired) electrons. The van der Waals surface area contributed by atoms with Crippen molar-refractivity contribution in [2.75, 3.05) is 0 Å². The zero-order valence-electron chi connectivity index (χ0n) is 22.2. The lowest BCUT2D eigenvalue weighted by molar-refractivity contribution is -0.0892. The van der Waals surface area contributed by atoms with Gasteiger partial charge >= 0.3 is 7.48 Å². The number of hydrogen-bond acceptors (Lipinski definition) is 3. The van der Waals surface area contributed by atoms with Crippen LogP contribution < -0.4 is 5.46 Å². The van der Waals surface area contributed by atoms with Gasteiger partial charge in [-0.2, -0.15) is 0 Å². The molecule has 1 aromatic heterocycles. The van der Waals surface area contributed by atoms with E-state index < -0.39 is 11.2 Å². The standard InChI is InChI=1S/C34H30BO3/c1-33(2,36)34(3,4)38-35-32-27(26-17-11-10-16-25(26)22-12-6-5-7-13-22)18-19-29-31(32)28-20-23-14-8-9-15-24(23)21-30(28)37-29/h5-21,36H,1-4H3. The average Bonchev–Trinajstić information content (AvgIpc) is 3.28. The summed E-state index contributed by atoms with van der Waals surface area (Å²) >= 11 is 0. The largest absolute Gasteiger partial charge is 0.456 e. The highest BCUT2D eigenvalue weighted by Gasteiger charge is 2.36. The lowest BCUT2D eigenvalue weighted by Gasteiger charge is -2.37. The molecule has 5 aromatic carbocycles. The van der Waals surface area contributed by atoms with E-state index in [1.807, 2.05) is 33.5 Å². The molecule has 4 heteroatoms. The monoisotopic (exact) mass is 497 g/mol. The van der Waals surface area contributed by atoms with Crippen LogP contribution in [0.4, 0.5) is 0 Å². The lowest BCUT2D eigenvalue weighted by Crippen LogP contribution is -2.49. The van der Waals surface area contributed by atoms with Crippen LogP contribution in [0.1, 0.15) is 27.7 Å². The summed E-state index contributed by atoms with van der Waals surface area (Å²) in [5, 5.41) is 15.1. The van der Waals surface area contributed by atoms with Gasteiger partial charge in [-0.3, -0.25) is 0 Å². The molecular weight excluding hydrogens is 467 g/mol. The van der Waals surface area contributed by atoms with Gasteiger partial charge in [0.05, 0.1) is 11.2 Å². The van der Waals surface area contributed by atoms with Crippen LogP contribution in [0.5, 0.6) is 0 Å². The highest BCUT2D eigenvalue weighted by molar-refractivity contribution is 6.55. The minimum Gasteiger partial charge on any atom is -0.456 e. The van der Waals surface area contributed by atoms with Gasteiger partial charge in [0.25, 0.3) is 0 Å². The highest BCUT2D eigenvalue weighted by Crippen LogP contribution is 2.37. The van der Waals surface area contributed by atoms with Crippen LogP contribution in [0, 0.1) is 0 Å². The number of hydrogen-bond donors (Lipinski definition) is 1. The van der Waals surface area contributed by atoms with Gasteiger partial charge in [-0.1, -0.05) is 84.9 Å². The second-order valence-electron chi connectivity index (χ2n) is 10.9. The second kappa shape index (κ2) is 9.16. The van der Waals surface area contributed by atoms with Crippen LogP contribution in [0.15, 0.2) is 108 Å². The number of rotatable bonds is 6. The Morgan fingerprint density at radius 3 is 2.00 bits per heavy atom. The zero-order chi connectivity index (χ0) is 26.5. The fourth-order valence-electron chi connectivity index (χ4n) is 4.88. The van der Waals surface area contributed by atoms with Gasteiger partial charge in [0.2, 0.25) is 0 Å². The normalized spacial score (nSPS) is 12.4. The third-order valence-corrected chi connectivity index (χ3v) is 7.79. The molecule has 3 nitrogen and oxygen atoms in total. The highest BCUT2D eigenvalue weighted by atomic mass is 16.5. The van der Waals surface area contributed by atoms with E-state index in [9.17, 15) is 5.11 Å². The van der Waals surface area contributed by atoms with Gasteiger partial charge in [-0.25, -0.2) is 0 Å². The molecule has 0 saturated carbocycles. The number of benzene rings is 5. The third kappa shape index (κ3) is 4.20. The summed E-state index contributed by atoms with van der Waals surface area (Å²) in [5.41, 5.74) is 5.13. The van der Waals surface area contributed by atoms with E-state index in [-0.39, 0.29) is 0 Å². The number of fused-ring (bicyclic) bond motifs is 4. The molecule has 1 N–H and O–H groups in total. The summed E-state index contributed by atoms with van der Waals surface area (Å²) in [6, 6.07) is 35.7. The van der Waals surface area contributed by atoms with Crippen LogP contribution in [0.3, 0.4) is 0 Å².